The monoisotopic (exact) mass is 198 g/mol. The first-order chi connectivity index (χ1) is 6.61. The molecule has 0 saturated heterocycles. The highest BCUT2D eigenvalue weighted by atomic mass is 16.5. The molecule has 5 nitrogen and oxygen atoms in total. The number of primary amides is 1. The molecule has 14 heavy (non-hydrogen) atoms. The van der Waals surface area contributed by atoms with Crippen LogP contribution in [0.3, 0.4) is 0 Å². The molecule has 0 rings (SSSR count). The minimum atomic E-state index is -0.690. The van der Waals surface area contributed by atoms with Crippen LogP contribution in [0.25, 0.3) is 0 Å². The Morgan fingerprint density at radius 2 is 2.21 bits per heavy atom. The largest absolute Gasteiger partial charge is 0.462 e. The molecular formula is C9H14N2O3. The summed E-state index contributed by atoms with van der Waals surface area (Å²) in [6.45, 7) is 3.72. The van der Waals surface area contributed by atoms with Crippen molar-refractivity contribution in [1.82, 2.24) is 5.32 Å². The van der Waals surface area contributed by atoms with E-state index in [9.17, 15) is 9.59 Å². The molecule has 3 N–H and O–H groups in total. The van der Waals surface area contributed by atoms with Crippen LogP contribution in [0.4, 0.5) is 4.79 Å². The van der Waals surface area contributed by atoms with Gasteiger partial charge < -0.3 is 15.8 Å². The lowest BCUT2D eigenvalue weighted by Crippen LogP contribution is -2.32. The Morgan fingerprint density at radius 1 is 1.57 bits per heavy atom. The number of rotatable bonds is 4. The molecule has 0 aromatic rings. The van der Waals surface area contributed by atoms with Crippen molar-refractivity contribution in [2.75, 3.05) is 13.2 Å². The maximum Gasteiger partial charge on any atom is 0.343 e. The molecule has 0 fully saturated rings. The zero-order valence-corrected chi connectivity index (χ0v) is 8.29. The molecule has 78 valence electrons. The minimum Gasteiger partial charge on any atom is -0.462 e. The Labute approximate surface area is 82.6 Å². The molecule has 0 heterocycles. The van der Waals surface area contributed by atoms with E-state index in [0.717, 1.165) is 0 Å². The van der Waals surface area contributed by atoms with Gasteiger partial charge in [-0.05, 0) is 19.9 Å². The summed E-state index contributed by atoms with van der Waals surface area (Å²) in [4.78, 5) is 21.6. The molecule has 0 spiro atoms. The van der Waals surface area contributed by atoms with E-state index in [1.165, 1.54) is 0 Å². The van der Waals surface area contributed by atoms with Gasteiger partial charge in [-0.25, -0.2) is 9.59 Å². The van der Waals surface area contributed by atoms with Crippen molar-refractivity contribution in [3.05, 3.63) is 17.4 Å². The average Bonchev–Trinajstić information content (AvgIpc) is 2.12. The van der Waals surface area contributed by atoms with E-state index in [-0.39, 0.29) is 18.7 Å². The number of carbonyl (C=O) groups excluding carboxylic acids is 2. The SMILES string of the molecule is CC=C=C(CNC(N)=O)C(=O)OCC. The van der Waals surface area contributed by atoms with Crippen molar-refractivity contribution in [2.24, 2.45) is 5.73 Å². The van der Waals surface area contributed by atoms with Crippen molar-refractivity contribution in [2.45, 2.75) is 13.8 Å². The predicted octanol–water partition coefficient (Wildman–Crippen LogP) is 0.319. The van der Waals surface area contributed by atoms with Gasteiger partial charge in [0, 0.05) is 0 Å². The molecule has 0 aliphatic carbocycles. The first-order valence-electron chi connectivity index (χ1n) is 4.22. The smallest absolute Gasteiger partial charge is 0.343 e. The highest BCUT2D eigenvalue weighted by Gasteiger charge is 2.09. The maximum absolute atomic E-state index is 11.2. The van der Waals surface area contributed by atoms with Gasteiger partial charge in [-0.15, -0.1) is 5.73 Å². The number of hydrogen-bond donors (Lipinski definition) is 2. The molecule has 2 amide bonds. The summed E-state index contributed by atoms with van der Waals surface area (Å²) in [6.07, 6.45) is 1.56. The quantitative estimate of drug-likeness (QED) is 0.387. The van der Waals surface area contributed by atoms with E-state index in [1.54, 1.807) is 19.9 Å². The molecule has 0 aliphatic rings. The number of esters is 1. The Balaban J connectivity index is 4.39. The van der Waals surface area contributed by atoms with Gasteiger partial charge in [0.1, 0.15) is 0 Å². The zero-order valence-electron chi connectivity index (χ0n) is 8.29. The van der Waals surface area contributed by atoms with Crippen LogP contribution >= 0.6 is 0 Å². The van der Waals surface area contributed by atoms with Crippen LogP contribution in [0, 0.1) is 0 Å². The van der Waals surface area contributed by atoms with Crippen LogP contribution in [0.2, 0.25) is 0 Å². The lowest BCUT2D eigenvalue weighted by Gasteiger charge is -2.04. The van der Waals surface area contributed by atoms with Crippen molar-refractivity contribution in [3.8, 4) is 0 Å². The first kappa shape index (κ1) is 12.3. The number of nitrogens with one attached hydrogen (secondary N) is 1. The van der Waals surface area contributed by atoms with Gasteiger partial charge >= 0.3 is 12.0 Å². The van der Waals surface area contributed by atoms with Gasteiger partial charge in [-0.3, -0.25) is 0 Å². The Hall–Kier alpha value is -1.74. The molecule has 0 aromatic carbocycles. The van der Waals surface area contributed by atoms with Gasteiger partial charge in [0.05, 0.1) is 18.7 Å². The van der Waals surface area contributed by atoms with Gasteiger partial charge in [-0.1, -0.05) is 0 Å². The summed E-state index contributed by atoms with van der Waals surface area (Å²) in [6, 6.07) is -0.690. The molecule has 0 saturated carbocycles. The molecule has 0 aromatic heterocycles. The van der Waals surface area contributed by atoms with Gasteiger partial charge in [0.25, 0.3) is 0 Å². The van der Waals surface area contributed by atoms with Crippen molar-refractivity contribution in [1.29, 1.82) is 0 Å². The third kappa shape index (κ3) is 5.00. The van der Waals surface area contributed by atoms with E-state index >= 15 is 0 Å². The number of carbonyl (C=O) groups is 2. The molecular weight excluding hydrogens is 184 g/mol. The standard InChI is InChI=1S/C9H14N2O3/c1-3-5-7(6-11-9(10)13)8(12)14-4-2/h3H,4,6H2,1-2H3,(H3,10,11,13). The van der Waals surface area contributed by atoms with E-state index in [2.05, 4.69) is 11.0 Å². The first-order valence-corrected chi connectivity index (χ1v) is 4.22. The fourth-order valence-corrected chi connectivity index (χ4v) is 0.750. The maximum atomic E-state index is 11.2. The summed E-state index contributed by atoms with van der Waals surface area (Å²) in [5.74, 6) is -0.501. The average molecular weight is 198 g/mol. The Morgan fingerprint density at radius 3 is 2.64 bits per heavy atom. The molecule has 0 aliphatic heterocycles. The lowest BCUT2D eigenvalue weighted by molar-refractivity contribution is -0.138. The topological polar surface area (TPSA) is 81.4 Å². The van der Waals surface area contributed by atoms with Crippen LogP contribution in [-0.4, -0.2) is 25.2 Å². The van der Waals surface area contributed by atoms with Crippen LogP contribution in [-0.2, 0) is 9.53 Å². The van der Waals surface area contributed by atoms with Gasteiger partial charge in [0.15, 0.2) is 0 Å². The van der Waals surface area contributed by atoms with Gasteiger partial charge in [-0.2, -0.15) is 0 Å². The predicted molar refractivity (Wildman–Crippen MR) is 51.5 cm³/mol. The summed E-state index contributed by atoms with van der Waals surface area (Å²) >= 11 is 0. The Kier molecular flexibility index (Phi) is 5.90. The lowest BCUT2D eigenvalue weighted by atomic mass is 10.3. The second-order valence-corrected chi connectivity index (χ2v) is 2.35. The molecule has 0 unspecified atom stereocenters. The summed E-state index contributed by atoms with van der Waals surface area (Å²) in [7, 11) is 0. The number of hydrogen-bond acceptors (Lipinski definition) is 3. The van der Waals surface area contributed by atoms with Crippen LogP contribution in [0.1, 0.15) is 13.8 Å². The van der Waals surface area contributed by atoms with E-state index in [4.69, 9.17) is 10.5 Å². The summed E-state index contributed by atoms with van der Waals surface area (Å²) in [5.41, 5.74) is 7.77. The second kappa shape index (κ2) is 6.74. The van der Waals surface area contributed by atoms with Crippen molar-refractivity contribution >= 4 is 12.0 Å². The number of ether oxygens (including phenoxy) is 1. The third-order valence-electron chi connectivity index (χ3n) is 1.28. The molecule has 0 atom stereocenters. The van der Waals surface area contributed by atoms with E-state index < -0.39 is 12.0 Å². The summed E-state index contributed by atoms with van der Waals surface area (Å²) in [5, 5.41) is 2.29. The minimum absolute atomic E-state index is 0.0263. The Bertz CT molecular complexity index is 278. The summed E-state index contributed by atoms with van der Waals surface area (Å²) < 4.78 is 4.74. The second-order valence-electron chi connectivity index (χ2n) is 2.35. The number of amides is 2. The fraction of sp³-hybridized carbons (Fsp3) is 0.444. The molecule has 5 heteroatoms. The zero-order chi connectivity index (χ0) is 11.0. The fourth-order valence-electron chi connectivity index (χ4n) is 0.750. The molecule has 0 bridgehead atoms. The number of urea groups is 1. The molecule has 0 radical (unpaired) electrons. The third-order valence-corrected chi connectivity index (χ3v) is 1.28. The van der Waals surface area contributed by atoms with Crippen LogP contribution in [0.15, 0.2) is 17.4 Å². The van der Waals surface area contributed by atoms with Crippen molar-refractivity contribution < 1.29 is 14.3 Å². The van der Waals surface area contributed by atoms with Crippen LogP contribution < -0.4 is 11.1 Å². The highest BCUT2D eigenvalue weighted by molar-refractivity contribution is 5.89. The highest BCUT2D eigenvalue weighted by Crippen LogP contribution is 1.94. The van der Waals surface area contributed by atoms with Crippen LogP contribution in [0.5, 0.6) is 0 Å². The van der Waals surface area contributed by atoms with E-state index in [1.807, 2.05) is 0 Å². The van der Waals surface area contributed by atoms with Crippen molar-refractivity contribution in [3.63, 3.8) is 0 Å². The normalized spacial score (nSPS) is 8.43. The number of nitrogens with two attached hydrogens (primary N) is 1. The van der Waals surface area contributed by atoms with Gasteiger partial charge in [0.2, 0.25) is 0 Å². The van der Waals surface area contributed by atoms with E-state index in [0.29, 0.717) is 0 Å².